The number of rotatable bonds is 5. The first-order valence-corrected chi connectivity index (χ1v) is 8.15. The smallest absolute Gasteiger partial charge is 0.249 e. The molecule has 1 aliphatic carbocycles. The molecule has 4 heteroatoms. The Labute approximate surface area is 119 Å². The Balaban J connectivity index is 1.81. The van der Waals surface area contributed by atoms with Gasteiger partial charge < -0.3 is 11.1 Å². The van der Waals surface area contributed by atoms with Crippen LogP contribution in [0, 0.1) is 5.92 Å². The number of nitrogens with one attached hydrogen (secondary N) is 1. The van der Waals surface area contributed by atoms with Gasteiger partial charge in [-0.2, -0.15) is 0 Å². The topological polar surface area (TPSA) is 55.1 Å². The highest BCUT2D eigenvalue weighted by atomic mass is 32.1. The van der Waals surface area contributed by atoms with Crippen molar-refractivity contribution >= 4 is 17.2 Å². The summed E-state index contributed by atoms with van der Waals surface area (Å²) in [6.07, 6.45) is 8.26. The standard InChI is InChI=1S/C15H24N2OS/c1-11(12-6-4-2-3-5-7-12)17-9-14-8-13(10-19-14)15(16)18/h8,10-12,17H,2-7,9H2,1H3,(H2,16,18)/t11-/m1/s1. The minimum absolute atomic E-state index is 0.334. The van der Waals surface area contributed by atoms with Gasteiger partial charge in [0.25, 0.3) is 0 Å². The van der Waals surface area contributed by atoms with E-state index in [1.807, 2.05) is 11.4 Å². The molecule has 0 aromatic carbocycles. The molecular weight excluding hydrogens is 256 g/mol. The van der Waals surface area contributed by atoms with E-state index in [9.17, 15) is 4.79 Å². The monoisotopic (exact) mass is 280 g/mol. The van der Waals surface area contributed by atoms with Gasteiger partial charge in [-0.15, -0.1) is 11.3 Å². The van der Waals surface area contributed by atoms with E-state index in [-0.39, 0.29) is 5.91 Å². The zero-order chi connectivity index (χ0) is 13.7. The molecule has 1 fully saturated rings. The lowest BCUT2D eigenvalue weighted by Gasteiger charge is -2.23. The molecule has 1 aromatic rings. The molecule has 0 radical (unpaired) electrons. The van der Waals surface area contributed by atoms with Gasteiger partial charge >= 0.3 is 0 Å². The molecule has 0 spiro atoms. The van der Waals surface area contributed by atoms with Crippen molar-refractivity contribution in [1.82, 2.24) is 5.32 Å². The van der Waals surface area contributed by atoms with Crippen molar-refractivity contribution in [2.45, 2.75) is 58.0 Å². The van der Waals surface area contributed by atoms with Crippen molar-refractivity contribution < 1.29 is 4.79 Å². The molecule has 1 aromatic heterocycles. The van der Waals surface area contributed by atoms with Crippen LogP contribution in [0.2, 0.25) is 0 Å². The summed E-state index contributed by atoms with van der Waals surface area (Å²) in [6.45, 7) is 3.13. The molecule has 0 bridgehead atoms. The maximum atomic E-state index is 11.0. The first-order chi connectivity index (χ1) is 9.16. The van der Waals surface area contributed by atoms with Crippen LogP contribution in [0.3, 0.4) is 0 Å². The van der Waals surface area contributed by atoms with Crippen molar-refractivity contribution in [3.8, 4) is 0 Å². The quantitative estimate of drug-likeness (QED) is 0.813. The summed E-state index contributed by atoms with van der Waals surface area (Å²) in [5, 5.41) is 5.45. The van der Waals surface area contributed by atoms with Gasteiger partial charge in [0.2, 0.25) is 5.91 Å². The Kier molecular flexibility index (Phi) is 5.40. The van der Waals surface area contributed by atoms with E-state index >= 15 is 0 Å². The number of thiophene rings is 1. The third-order valence-electron chi connectivity index (χ3n) is 4.14. The second-order valence-electron chi connectivity index (χ2n) is 5.59. The Morgan fingerprint density at radius 2 is 2.11 bits per heavy atom. The van der Waals surface area contributed by atoms with Gasteiger partial charge in [-0.1, -0.05) is 25.7 Å². The van der Waals surface area contributed by atoms with E-state index in [2.05, 4.69) is 12.2 Å². The minimum Gasteiger partial charge on any atom is -0.366 e. The van der Waals surface area contributed by atoms with Crippen LogP contribution in [-0.4, -0.2) is 11.9 Å². The highest BCUT2D eigenvalue weighted by molar-refractivity contribution is 7.10. The van der Waals surface area contributed by atoms with E-state index in [1.54, 1.807) is 11.3 Å². The van der Waals surface area contributed by atoms with Crippen LogP contribution >= 0.6 is 11.3 Å². The van der Waals surface area contributed by atoms with Crippen LogP contribution in [0.5, 0.6) is 0 Å². The fourth-order valence-electron chi connectivity index (χ4n) is 2.84. The zero-order valence-electron chi connectivity index (χ0n) is 11.7. The van der Waals surface area contributed by atoms with E-state index in [0.717, 1.165) is 12.5 Å². The summed E-state index contributed by atoms with van der Waals surface area (Å²) in [7, 11) is 0. The third-order valence-corrected chi connectivity index (χ3v) is 5.08. The molecule has 1 atom stereocenters. The maximum Gasteiger partial charge on any atom is 0.249 e. The first kappa shape index (κ1) is 14.5. The average Bonchev–Trinajstić information content (AvgIpc) is 2.70. The summed E-state index contributed by atoms with van der Waals surface area (Å²) in [5.41, 5.74) is 5.89. The number of hydrogen-bond donors (Lipinski definition) is 2. The maximum absolute atomic E-state index is 11.0. The van der Waals surface area contributed by atoms with Crippen molar-refractivity contribution in [2.75, 3.05) is 0 Å². The predicted octanol–water partition coefficient (Wildman–Crippen LogP) is 3.30. The number of primary amides is 1. The fraction of sp³-hybridized carbons (Fsp3) is 0.667. The van der Waals surface area contributed by atoms with E-state index in [1.165, 1.54) is 43.4 Å². The molecule has 1 heterocycles. The molecule has 106 valence electrons. The van der Waals surface area contributed by atoms with Crippen LogP contribution < -0.4 is 11.1 Å². The molecular formula is C15H24N2OS. The lowest BCUT2D eigenvalue weighted by Crippen LogP contribution is -2.32. The van der Waals surface area contributed by atoms with Crippen LogP contribution in [-0.2, 0) is 6.54 Å². The Morgan fingerprint density at radius 3 is 2.68 bits per heavy atom. The van der Waals surface area contributed by atoms with Crippen LogP contribution in [0.4, 0.5) is 0 Å². The van der Waals surface area contributed by atoms with Gasteiger partial charge in [0.1, 0.15) is 0 Å². The minimum atomic E-state index is -0.334. The van der Waals surface area contributed by atoms with Crippen LogP contribution in [0.25, 0.3) is 0 Å². The molecule has 1 amide bonds. The van der Waals surface area contributed by atoms with Crippen molar-refractivity contribution in [1.29, 1.82) is 0 Å². The predicted molar refractivity (Wildman–Crippen MR) is 80.3 cm³/mol. The van der Waals surface area contributed by atoms with Gasteiger partial charge in [-0.25, -0.2) is 0 Å². The molecule has 2 rings (SSSR count). The number of nitrogens with two attached hydrogens (primary N) is 1. The van der Waals surface area contributed by atoms with Crippen molar-refractivity contribution in [3.05, 3.63) is 21.9 Å². The van der Waals surface area contributed by atoms with Gasteiger partial charge in [0, 0.05) is 22.8 Å². The number of hydrogen-bond acceptors (Lipinski definition) is 3. The van der Waals surface area contributed by atoms with Crippen LogP contribution in [0.15, 0.2) is 11.4 Å². The molecule has 0 aliphatic heterocycles. The fourth-order valence-corrected chi connectivity index (χ4v) is 3.67. The number of carbonyl (C=O) groups is 1. The Bertz CT molecular complexity index is 408. The average molecular weight is 280 g/mol. The first-order valence-electron chi connectivity index (χ1n) is 7.27. The summed E-state index contributed by atoms with van der Waals surface area (Å²) in [4.78, 5) is 12.2. The highest BCUT2D eigenvalue weighted by Gasteiger charge is 2.18. The summed E-state index contributed by atoms with van der Waals surface area (Å²) >= 11 is 1.61. The lowest BCUT2D eigenvalue weighted by atomic mass is 9.93. The van der Waals surface area contributed by atoms with E-state index in [4.69, 9.17) is 5.73 Å². The van der Waals surface area contributed by atoms with Crippen molar-refractivity contribution in [2.24, 2.45) is 11.7 Å². The summed E-state index contributed by atoms with van der Waals surface area (Å²) in [5.74, 6) is 0.470. The third kappa shape index (κ3) is 4.32. The van der Waals surface area contributed by atoms with Gasteiger partial charge in [-0.05, 0) is 31.7 Å². The Hall–Kier alpha value is -0.870. The zero-order valence-corrected chi connectivity index (χ0v) is 12.5. The second-order valence-corrected chi connectivity index (χ2v) is 6.58. The second kappa shape index (κ2) is 7.06. The molecule has 3 nitrogen and oxygen atoms in total. The Morgan fingerprint density at radius 1 is 1.42 bits per heavy atom. The van der Waals surface area contributed by atoms with Crippen LogP contribution in [0.1, 0.15) is 60.7 Å². The van der Waals surface area contributed by atoms with Crippen molar-refractivity contribution in [3.63, 3.8) is 0 Å². The normalized spacial score (nSPS) is 19.0. The summed E-state index contributed by atoms with van der Waals surface area (Å²) in [6, 6.07) is 2.46. The molecule has 0 unspecified atom stereocenters. The number of amides is 1. The molecule has 1 saturated carbocycles. The van der Waals surface area contributed by atoms with Gasteiger partial charge in [-0.3, -0.25) is 4.79 Å². The van der Waals surface area contributed by atoms with E-state index in [0.29, 0.717) is 11.6 Å². The molecule has 19 heavy (non-hydrogen) atoms. The molecule has 1 aliphatic rings. The van der Waals surface area contributed by atoms with Gasteiger partial charge in [0.05, 0.1) is 5.56 Å². The highest BCUT2D eigenvalue weighted by Crippen LogP contribution is 2.25. The molecule has 3 N–H and O–H groups in total. The lowest BCUT2D eigenvalue weighted by molar-refractivity contribution is 0.100. The summed E-state index contributed by atoms with van der Waals surface area (Å²) < 4.78 is 0. The van der Waals surface area contributed by atoms with Gasteiger partial charge in [0.15, 0.2) is 0 Å². The molecule has 0 saturated heterocycles. The van der Waals surface area contributed by atoms with E-state index < -0.39 is 0 Å². The number of carbonyl (C=O) groups excluding carboxylic acids is 1. The SMILES string of the molecule is C[C@@H](NCc1cc(C(N)=O)cs1)C1CCCCCC1. The largest absolute Gasteiger partial charge is 0.366 e.